The Morgan fingerprint density at radius 2 is 2.16 bits per heavy atom. The first-order valence-electron chi connectivity index (χ1n) is 7.77. The van der Waals surface area contributed by atoms with Gasteiger partial charge in [-0.3, -0.25) is 9.59 Å². The molecule has 0 saturated carbocycles. The van der Waals surface area contributed by atoms with Gasteiger partial charge in [0.25, 0.3) is 5.91 Å². The fourth-order valence-corrected chi connectivity index (χ4v) is 5.05. The third-order valence-electron chi connectivity index (χ3n) is 4.41. The lowest BCUT2D eigenvalue weighted by Gasteiger charge is -2.28. The van der Waals surface area contributed by atoms with Crippen molar-refractivity contribution in [2.24, 2.45) is 11.8 Å². The van der Waals surface area contributed by atoms with Crippen LogP contribution in [-0.4, -0.2) is 58.4 Å². The molecule has 136 valence electrons. The lowest BCUT2D eigenvalue weighted by Crippen LogP contribution is -2.43. The highest BCUT2D eigenvalue weighted by molar-refractivity contribution is 7.89. The molecule has 3 rings (SSSR count). The molecule has 2 aliphatic rings. The summed E-state index contributed by atoms with van der Waals surface area (Å²) in [6, 6.07) is -0.617. The van der Waals surface area contributed by atoms with Gasteiger partial charge in [-0.25, -0.2) is 17.7 Å². The smallest absolute Gasteiger partial charge is 0.274 e. The molecule has 1 aromatic rings. The molecular weight excluding hydrogens is 366 g/mol. The molecule has 0 spiro atoms. The minimum Gasteiger partial charge on any atom is -0.389 e. The molecule has 0 unspecified atom stereocenters. The van der Waals surface area contributed by atoms with Gasteiger partial charge in [-0.15, -0.1) is 11.3 Å². The SMILES string of the molecule is CC(C)[C@@H]1C(=O)N(S(C)(=O)=O)C2=CCN(C(=O)c3csc(CO)n3)[C@H]21. The average molecular weight is 385 g/mol. The molecule has 0 radical (unpaired) electrons. The number of aromatic nitrogens is 1. The lowest BCUT2D eigenvalue weighted by atomic mass is 9.89. The van der Waals surface area contributed by atoms with Crippen molar-refractivity contribution in [2.45, 2.75) is 26.5 Å². The normalized spacial score (nSPS) is 23.4. The monoisotopic (exact) mass is 385 g/mol. The molecule has 25 heavy (non-hydrogen) atoms. The van der Waals surface area contributed by atoms with Crippen LogP contribution in [0.3, 0.4) is 0 Å². The van der Waals surface area contributed by atoms with Gasteiger partial charge in [0.05, 0.1) is 30.5 Å². The molecule has 1 N–H and O–H groups in total. The lowest BCUT2D eigenvalue weighted by molar-refractivity contribution is -0.128. The van der Waals surface area contributed by atoms with Crippen LogP contribution in [0.4, 0.5) is 0 Å². The Morgan fingerprint density at radius 3 is 2.68 bits per heavy atom. The van der Waals surface area contributed by atoms with E-state index in [9.17, 15) is 18.0 Å². The first kappa shape index (κ1) is 18.0. The van der Waals surface area contributed by atoms with E-state index in [1.807, 2.05) is 13.8 Å². The summed E-state index contributed by atoms with van der Waals surface area (Å²) < 4.78 is 25.0. The summed E-state index contributed by atoms with van der Waals surface area (Å²) in [5.74, 6) is -1.63. The maximum Gasteiger partial charge on any atom is 0.274 e. The van der Waals surface area contributed by atoms with Gasteiger partial charge >= 0.3 is 0 Å². The van der Waals surface area contributed by atoms with Crippen LogP contribution in [0.1, 0.15) is 29.3 Å². The van der Waals surface area contributed by atoms with E-state index in [0.717, 1.165) is 10.6 Å². The third kappa shape index (κ3) is 2.87. The fraction of sp³-hybridized carbons (Fsp3) is 0.533. The van der Waals surface area contributed by atoms with E-state index in [1.54, 1.807) is 11.5 Å². The Hall–Kier alpha value is -1.78. The molecule has 3 heterocycles. The van der Waals surface area contributed by atoms with Crippen molar-refractivity contribution < 1.29 is 23.1 Å². The Bertz CT molecular complexity index is 858. The standard InChI is InChI=1S/C15H19N3O5S2/c1-8(2)12-13-10(18(15(12)21)25(3,22)23)4-5-17(13)14(20)9-7-24-11(6-19)16-9/h4,7-8,12-13,19H,5-6H2,1-3H3/t12-,13+/m0/s1. The maximum atomic E-state index is 12.8. The minimum atomic E-state index is -3.76. The molecule has 2 atom stereocenters. The molecule has 10 heteroatoms. The van der Waals surface area contributed by atoms with Gasteiger partial charge in [-0.2, -0.15) is 0 Å². The highest BCUT2D eigenvalue weighted by Crippen LogP contribution is 2.41. The summed E-state index contributed by atoms with van der Waals surface area (Å²) in [4.78, 5) is 31.1. The zero-order valence-electron chi connectivity index (χ0n) is 14.0. The number of thiazole rings is 1. The molecule has 2 amide bonds. The Balaban J connectivity index is 1.98. The summed E-state index contributed by atoms with van der Waals surface area (Å²) >= 11 is 1.18. The average Bonchev–Trinajstić information content (AvgIpc) is 3.18. The summed E-state index contributed by atoms with van der Waals surface area (Å²) in [6.07, 6.45) is 2.60. The molecule has 1 aromatic heterocycles. The number of carbonyl (C=O) groups is 2. The summed E-state index contributed by atoms with van der Waals surface area (Å²) in [5.41, 5.74) is 0.536. The number of rotatable bonds is 4. The van der Waals surface area contributed by atoms with E-state index >= 15 is 0 Å². The Morgan fingerprint density at radius 1 is 1.48 bits per heavy atom. The molecule has 0 aliphatic carbocycles. The van der Waals surface area contributed by atoms with E-state index in [0.29, 0.717) is 10.7 Å². The van der Waals surface area contributed by atoms with Crippen LogP contribution in [0.5, 0.6) is 0 Å². The molecule has 2 aliphatic heterocycles. The zero-order valence-corrected chi connectivity index (χ0v) is 15.7. The van der Waals surface area contributed by atoms with Crippen LogP contribution < -0.4 is 0 Å². The minimum absolute atomic E-state index is 0.135. The number of amides is 2. The van der Waals surface area contributed by atoms with E-state index in [2.05, 4.69) is 4.98 Å². The summed E-state index contributed by atoms with van der Waals surface area (Å²) in [5, 5.41) is 11.1. The van der Waals surface area contributed by atoms with Gasteiger partial charge in [0.1, 0.15) is 10.7 Å². The van der Waals surface area contributed by atoms with Gasteiger partial charge in [0, 0.05) is 11.9 Å². The first-order valence-corrected chi connectivity index (χ1v) is 10.5. The molecule has 8 nitrogen and oxygen atoms in total. The number of nitrogens with zero attached hydrogens (tertiary/aromatic N) is 3. The first-order chi connectivity index (χ1) is 11.7. The molecule has 0 aromatic carbocycles. The van der Waals surface area contributed by atoms with E-state index in [-0.39, 0.29) is 30.7 Å². The van der Waals surface area contributed by atoms with Gasteiger partial charge in [0.2, 0.25) is 15.9 Å². The predicted octanol–water partition coefficient (Wildman–Crippen LogP) is 0.418. The number of carbonyl (C=O) groups excluding carboxylic acids is 2. The van der Waals surface area contributed by atoms with Gasteiger partial charge < -0.3 is 10.0 Å². The molecule has 0 bridgehead atoms. The predicted molar refractivity (Wildman–Crippen MR) is 91.0 cm³/mol. The van der Waals surface area contributed by atoms with Crippen molar-refractivity contribution in [1.29, 1.82) is 0 Å². The van der Waals surface area contributed by atoms with Crippen LogP contribution in [0.25, 0.3) is 0 Å². The van der Waals surface area contributed by atoms with Gasteiger partial charge in [-0.1, -0.05) is 13.8 Å². The highest BCUT2D eigenvalue weighted by Gasteiger charge is 2.54. The zero-order chi connectivity index (χ0) is 18.5. The van der Waals surface area contributed by atoms with Crippen molar-refractivity contribution in [3.05, 3.63) is 27.9 Å². The van der Waals surface area contributed by atoms with E-state index in [1.165, 1.54) is 16.2 Å². The van der Waals surface area contributed by atoms with Crippen molar-refractivity contribution in [2.75, 3.05) is 12.8 Å². The Kier molecular flexibility index (Phi) is 4.46. The molecule has 1 saturated heterocycles. The number of fused-ring (bicyclic) bond motifs is 1. The second kappa shape index (κ2) is 6.19. The van der Waals surface area contributed by atoms with Crippen LogP contribution in [-0.2, 0) is 21.4 Å². The van der Waals surface area contributed by atoms with Crippen molar-refractivity contribution in [3.63, 3.8) is 0 Å². The second-order valence-corrected chi connectivity index (χ2v) is 9.23. The fourth-order valence-electron chi connectivity index (χ4n) is 3.41. The Labute approximate surface area is 149 Å². The number of hydrogen-bond donors (Lipinski definition) is 1. The van der Waals surface area contributed by atoms with Crippen LogP contribution in [0.2, 0.25) is 0 Å². The van der Waals surface area contributed by atoms with Crippen LogP contribution in [0.15, 0.2) is 17.2 Å². The van der Waals surface area contributed by atoms with Crippen LogP contribution >= 0.6 is 11.3 Å². The quantitative estimate of drug-likeness (QED) is 0.805. The number of aliphatic hydroxyl groups excluding tert-OH is 1. The maximum absolute atomic E-state index is 12.8. The topological polar surface area (TPSA) is 108 Å². The summed E-state index contributed by atoms with van der Waals surface area (Å²) in [6.45, 7) is 3.63. The van der Waals surface area contributed by atoms with Crippen molar-refractivity contribution in [3.8, 4) is 0 Å². The third-order valence-corrected chi connectivity index (χ3v) is 6.30. The second-order valence-electron chi connectivity index (χ2n) is 6.45. The number of sulfonamides is 1. The molecular formula is C15H19N3O5S2. The summed E-state index contributed by atoms with van der Waals surface area (Å²) in [7, 11) is -3.76. The van der Waals surface area contributed by atoms with Crippen LogP contribution in [0, 0.1) is 11.8 Å². The van der Waals surface area contributed by atoms with E-state index < -0.39 is 27.9 Å². The van der Waals surface area contributed by atoms with Crippen molar-refractivity contribution in [1.82, 2.24) is 14.2 Å². The number of hydrogen-bond acceptors (Lipinski definition) is 7. The highest BCUT2D eigenvalue weighted by atomic mass is 32.2. The molecule has 1 fully saturated rings. The van der Waals surface area contributed by atoms with Gasteiger partial charge in [0.15, 0.2) is 0 Å². The number of aliphatic hydroxyl groups is 1. The van der Waals surface area contributed by atoms with Crippen molar-refractivity contribution >= 4 is 33.2 Å². The van der Waals surface area contributed by atoms with Gasteiger partial charge in [-0.05, 0) is 12.0 Å². The van der Waals surface area contributed by atoms with E-state index in [4.69, 9.17) is 5.11 Å². The largest absolute Gasteiger partial charge is 0.389 e.